The second kappa shape index (κ2) is 6.48. The zero-order valence-electron chi connectivity index (χ0n) is 10.6. The maximum atomic E-state index is 11.5. The summed E-state index contributed by atoms with van der Waals surface area (Å²) in [7, 11) is 0. The standard InChI is InChI=1S/C11H23N3O2/c1-8(2)13-7-5-6-9(15)14-11(3,4)10(12)16/h8,13H,5-7H2,1-4H3,(H2,12,16)(H,14,15). The van der Waals surface area contributed by atoms with Crippen LogP contribution in [0.25, 0.3) is 0 Å². The highest BCUT2D eigenvalue weighted by Gasteiger charge is 2.26. The molecule has 0 aromatic rings. The number of carbonyl (C=O) groups excluding carboxylic acids is 2. The molecule has 0 saturated heterocycles. The van der Waals surface area contributed by atoms with Crippen LogP contribution in [0.1, 0.15) is 40.5 Å². The molecule has 0 aliphatic rings. The first-order valence-electron chi connectivity index (χ1n) is 5.60. The second-order valence-electron chi connectivity index (χ2n) is 4.75. The first kappa shape index (κ1) is 14.9. The molecule has 0 spiro atoms. The van der Waals surface area contributed by atoms with E-state index in [0.717, 1.165) is 13.0 Å². The molecule has 0 atom stereocenters. The minimum Gasteiger partial charge on any atom is -0.368 e. The highest BCUT2D eigenvalue weighted by molar-refractivity contribution is 5.89. The summed E-state index contributed by atoms with van der Waals surface area (Å²) in [4.78, 5) is 22.4. The molecule has 2 amide bonds. The summed E-state index contributed by atoms with van der Waals surface area (Å²) in [6.45, 7) is 8.09. The fraction of sp³-hybridized carbons (Fsp3) is 0.818. The lowest BCUT2D eigenvalue weighted by atomic mass is 10.0. The normalized spacial score (nSPS) is 11.6. The molecule has 0 aliphatic heterocycles. The van der Waals surface area contributed by atoms with Crippen LogP contribution in [0.5, 0.6) is 0 Å². The molecule has 0 radical (unpaired) electrons. The Kier molecular flexibility index (Phi) is 6.03. The van der Waals surface area contributed by atoms with E-state index in [4.69, 9.17) is 5.73 Å². The van der Waals surface area contributed by atoms with Gasteiger partial charge in [0.15, 0.2) is 0 Å². The van der Waals surface area contributed by atoms with Gasteiger partial charge < -0.3 is 16.4 Å². The van der Waals surface area contributed by atoms with Crippen molar-refractivity contribution in [3.63, 3.8) is 0 Å². The molecule has 0 unspecified atom stereocenters. The van der Waals surface area contributed by atoms with Crippen LogP contribution >= 0.6 is 0 Å². The van der Waals surface area contributed by atoms with Crippen LogP contribution in [0.3, 0.4) is 0 Å². The van der Waals surface area contributed by atoms with E-state index in [1.807, 2.05) is 0 Å². The first-order valence-corrected chi connectivity index (χ1v) is 5.60. The number of nitrogens with two attached hydrogens (primary N) is 1. The Bertz CT molecular complexity index is 250. The van der Waals surface area contributed by atoms with Crippen LogP contribution in [0.15, 0.2) is 0 Å². The highest BCUT2D eigenvalue weighted by atomic mass is 16.2. The number of carbonyl (C=O) groups is 2. The molecular formula is C11H23N3O2. The van der Waals surface area contributed by atoms with Crippen LogP contribution in [-0.4, -0.2) is 29.9 Å². The third-order valence-corrected chi connectivity index (χ3v) is 2.20. The molecule has 5 heteroatoms. The maximum Gasteiger partial charge on any atom is 0.242 e. The molecular weight excluding hydrogens is 206 g/mol. The molecule has 0 heterocycles. The molecule has 0 aromatic carbocycles. The van der Waals surface area contributed by atoms with Gasteiger partial charge in [-0.25, -0.2) is 0 Å². The van der Waals surface area contributed by atoms with Gasteiger partial charge in [0.25, 0.3) is 0 Å². The highest BCUT2D eigenvalue weighted by Crippen LogP contribution is 2.01. The Morgan fingerprint density at radius 2 is 1.88 bits per heavy atom. The smallest absolute Gasteiger partial charge is 0.242 e. The van der Waals surface area contributed by atoms with E-state index in [1.54, 1.807) is 13.8 Å². The lowest BCUT2D eigenvalue weighted by Crippen LogP contribution is -2.53. The van der Waals surface area contributed by atoms with Crippen molar-refractivity contribution in [1.82, 2.24) is 10.6 Å². The number of primary amides is 1. The van der Waals surface area contributed by atoms with E-state index in [-0.39, 0.29) is 5.91 Å². The van der Waals surface area contributed by atoms with Gasteiger partial charge in [0, 0.05) is 12.5 Å². The van der Waals surface area contributed by atoms with E-state index < -0.39 is 11.4 Å². The fourth-order valence-electron chi connectivity index (χ4n) is 1.11. The quantitative estimate of drug-likeness (QED) is 0.543. The van der Waals surface area contributed by atoms with Crippen molar-refractivity contribution in [2.45, 2.75) is 52.1 Å². The van der Waals surface area contributed by atoms with Crippen LogP contribution in [0, 0.1) is 0 Å². The Hall–Kier alpha value is -1.10. The molecule has 0 aromatic heterocycles. The molecule has 16 heavy (non-hydrogen) atoms. The van der Waals surface area contributed by atoms with E-state index in [0.29, 0.717) is 12.5 Å². The second-order valence-corrected chi connectivity index (χ2v) is 4.75. The third kappa shape index (κ3) is 6.40. The predicted octanol–water partition coefficient (Wildman–Crippen LogP) is 0.145. The van der Waals surface area contributed by atoms with Crippen LogP contribution in [0.2, 0.25) is 0 Å². The van der Waals surface area contributed by atoms with E-state index >= 15 is 0 Å². The van der Waals surface area contributed by atoms with E-state index in [2.05, 4.69) is 24.5 Å². The van der Waals surface area contributed by atoms with Crippen molar-refractivity contribution in [3.05, 3.63) is 0 Å². The first-order chi connectivity index (χ1) is 7.25. The maximum absolute atomic E-state index is 11.5. The van der Waals surface area contributed by atoms with Gasteiger partial charge in [0.2, 0.25) is 11.8 Å². The average Bonchev–Trinajstić information content (AvgIpc) is 2.11. The molecule has 0 bridgehead atoms. The molecule has 0 fully saturated rings. The van der Waals surface area contributed by atoms with Gasteiger partial charge >= 0.3 is 0 Å². The van der Waals surface area contributed by atoms with Crippen molar-refractivity contribution in [1.29, 1.82) is 0 Å². The Morgan fingerprint density at radius 1 is 1.31 bits per heavy atom. The Labute approximate surface area is 97.2 Å². The van der Waals surface area contributed by atoms with Gasteiger partial charge in [-0.05, 0) is 26.8 Å². The van der Waals surface area contributed by atoms with Gasteiger partial charge in [0.1, 0.15) is 5.54 Å². The molecule has 4 N–H and O–H groups in total. The molecule has 0 rings (SSSR count). The van der Waals surface area contributed by atoms with Gasteiger partial charge in [-0.15, -0.1) is 0 Å². The summed E-state index contributed by atoms with van der Waals surface area (Å²) < 4.78 is 0. The van der Waals surface area contributed by atoms with Gasteiger partial charge in [-0.1, -0.05) is 13.8 Å². The van der Waals surface area contributed by atoms with E-state index in [1.165, 1.54) is 0 Å². The molecule has 94 valence electrons. The number of rotatable bonds is 7. The minimum absolute atomic E-state index is 0.144. The number of hydrogen-bond donors (Lipinski definition) is 3. The van der Waals surface area contributed by atoms with Crippen LogP contribution in [-0.2, 0) is 9.59 Å². The summed E-state index contributed by atoms with van der Waals surface area (Å²) in [5.41, 5.74) is 4.18. The predicted molar refractivity (Wildman–Crippen MR) is 63.8 cm³/mol. The molecule has 5 nitrogen and oxygen atoms in total. The van der Waals surface area contributed by atoms with Crippen molar-refractivity contribution < 1.29 is 9.59 Å². The van der Waals surface area contributed by atoms with Crippen LogP contribution in [0.4, 0.5) is 0 Å². The zero-order valence-corrected chi connectivity index (χ0v) is 10.6. The lowest BCUT2D eigenvalue weighted by molar-refractivity contribution is -0.130. The van der Waals surface area contributed by atoms with Crippen LogP contribution < -0.4 is 16.4 Å². The van der Waals surface area contributed by atoms with Crippen molar-refractivity contribution in [2.24, 2.45) is 5.73 Å². The Balaban J connectivity index is 3.79. The fourth-order valence-corrected chi connectivity index (χ4v) is 1.11. The number of hydrogen-bond acceptors (Lipinski definition) is 3. The van der Waals surface area contributed by atoms with Gasteiger partial charge in [0.05, 0.1) is 0 Å². The summed E-state index contributed by atoms with van der Waals surface area (Å²) in [6.07, 6.45) is 1.15. The van der Waals surface area contributed by atoms with Crippen molar-refractivity contribution in [2.75, 3.05) is 6.54 Å². The van der Waals surface area contributed by atoms with Gasteiger partial charge in [-0.2, -0.15) is 0 Å². The third-order valence-electron chi connectivity index (χ3n) is 2.20. The topological polar surface area (TPSA) is 84.2 Å². The lowest BCUT2D eigenvalue weighted by Gasteiger charge is -2.22. The number of nitrogens with one attached hydrogen (secondary N) is 2. The molecule has 0 aliphatic carbocycles. The number of amides is 2. The molecule has 0 saturated carbocycles. The average molecular weight is 229 g/mol. The SMILES string of the molecule is CC(C)NCCCC(=O)NC(C)(C)C(N)=O. The van der Waals surface area contributed by atoms with Crippen molar-refractivity contribution in [3.8, 4) is 0 Å². The van der Waals surface area contributed by atoms with E-state index in [9.17, 15) is 9.59 Å². The Morgan fingerprint density at radius 3 is 2.31 bits per heavy atom. The summed E-state index contributed by atoms with van der Waals surface area (Å²) in [5.74, 6) is -0.671. The summed E-state index contributed by atoms with van der Waals surface area (Å²) in [5, 5.41) is 5.82. The van der Waals surface area contributed by atoms with Crippen molar-refractivity contribution >= 4 is 11.8 Å². The zero-order chi connectivity index (χ0) is 12.8. The minimum atomic E-state index is -0.970. The summed E-state index contributed by atoms with van der Waals surface area (Å²) >= 11 is 0. The monoisotopic (exact) mass is 229 g/mol. The largest absolute Gasteiger partial charge is 0.368 e. The van der Waals surface area contributed by atoms with Gasteiger partial charge in [-0.3, -0.25) is 9.59 Å². The summed E-state index contributed by atoms with van der Waals surface area (Å²) in [6, 6.07) is 0.421.